The highest BCUT2D eigenvalue weighted by molar-refractivity contribution is 5.79. The molecule has 0 aromatic heterocycles. The Hall–Kier alpha value is -2.68. The van der Waals surface area contributed by atoms with Gasteiger partial charge < -0.3 is 20.4 Å². The Morgan fingerprint density at radius 3 is 2.24 bits per heavy atom. The minimum atomic E-state index is -0.846. The second kappa shape index (κ2) is 8.43. The van der Waals surface area contributed by atoms with Gasteiger partial charge in [-0.2, -0.15) is 0 Å². The minimum Gasteiger partial charge on any atom is -0.480 e. The number of nitro benzene ring substituents is 1. The molecule has 9 nitrogen and oxygen atoms in total. The molecule has 2 atom stereocenters. The van der Waals surface area contributed by atoms with E-state index >= 15 is 0 Å². The largest absolute Gasteiger partial charge is 0.480 e. The summed E-state index contributed by atoms with van der Waals surface area (Å²) in [4.78, 5) is 33.0. The van der Waals surface area contributed by atoms with Crippen molar-refractivity contribution in [2.75, 3.05) is 18.0 Å². The maximum Gasteiger partial charge on any atom is 0.326 e. The summed E-state index contributed by atoms with van der Waals surface area (Å²) in [5.41, 5.74) is 0.736. The Morgan fingerprint density at radius 1 is 1.12 bits per heavy atom. The summed E-state index contributed by atoms with van der Waals surface area (Å²) in [6, 6.07) is 5.20. The summed E-state index contributed by atoms with van der Waals surface area (Å²) in [5, 5.41) is 30.7. The quantitative estimate of drug-likeness (QED) is 0.548. The van der Waals surface area contributed by atoms with E-state index in [2.05, 4.69) is 5.32 Å². The van der Waals surface area contributed by atoms with Crippen molar-refractivity contribution in [2.45, 2.75) is 37.8 Å². The summed E-state index contributed by atoms with van der Waals surface area (Å²) in [6.45, 7) is 1.53. The lowest BCUT2D eigenvalue weighted by molar-refractivity contribution is -0.384. The lowest BCUT2D eigenvalue weighted by Crippen LogP contribution is -2.35. The Balaban J connectivity index is 0.000000236. The fourth-order valence-electron chi connectivity index (χ4n) is 2.99. The van der Waals surface area contributed by atoms with E-state index in [0.717, 1.165) is 31.5 Å². The molecule has 0 amide bonds. The highest BCUT2D eigenvalue weighted by atomic mass is 16.6. The highest BCUT2D eigenvalue weighted by Crippen LogP contribution is 2.27. The molecule has 2 aliphatic heterocycles. The van der Waals surface area contributed by atoms with Gasteiger partial charge in [0.15, 0.2) is 0 Å². The number of benzene rings is 1. The highest BCUT2D eigenvalue weighted by Gasteiger charge is 2.30. The zero-order valence-corrected chi connectivity index (χ0v) is 13.6. The van der Waals surface area contributed by atoms with Gasteiger partial charge in [0, 0.05) is 24.4 Å². The monoisotopic (exact) mass is 351 g/mol. The van der Waals surface area contributed by atoms with Crippen molar-refractivity contribution in [3.63, 3.8) is 0 Å². The average molecular weight is 351 g/mol. The number of non-ortho nitro benzene ring substituents is 1. The first-order valence-electron chi connectivity index (χ1n) is 8.10. The van der Waals surface area contributed by atoms with Gasteiger partial charge in [0.25, 0.3) is 5.69 Å². The number of aliphatic carboxylic acids is 2. The number of rotatable bonds is 4. The molecule has 1 aromatic rings. The van der Waals surface area contributed by atoms with Crippen LogP contribution in [0.3, 0.4) is 0 Å². The van der Waals surface area contributed by atoms with Crippen LogP contribution >= 0.6 is 0 Å². The van der Waals surface area contributed by atoms with Gasteiger partial charge in [-0.1, -0.05) is 0 Å². The van der Waals surface area contributed by atoms with E-state index in [0.29, 0.717) is 13.0 Å². The summed E-state index contributed by atoms with van der Waals surface area (Å²) < 4.78 is 0. The van der Waals surface area contributed by atoms with Crippen LogP contribution in [-0.2, 0) is 9.59 Å². The van der Waals surface area contributed by atoms with Gasteiger partial charge >= 0.3 is 11.9 Å². The predicted molar refractivity (Wildman–Crippen MR) is 89.8 cm³/mol. The van der Waals surface area contributed by atoms with Gasteiger partial charge in [-0.3, -0.25) is 14.9 Å². The van der Waals surface area contributed by atoms with E-state index in [1.807, 2.05) is 0 Å². The molecule has 2 heterocycles. The minimum absolute atomic E-state index is 0.0137. The van der Waals surface area contributed by atoms with E-state index in [1.54, 1.807) is 17.0 Å². The van der Waals surface area contributed by atoms with Gasteiger partial charge in [0.05, 0.1) is 4.92 Å². The van der Waals surface area contributed by atoms with Gasteiger partial charge in [0.1, 0.15) is 12.1 Å². The topological polar surface area (TPSA) is 133 Å². The third-order valence-electron chi connectivity index (χ3n) is 4.29. The van der Waals surface area contributed by atoms with E-state index in [9.17, 15) is 19.7 Å². The molecule has 0 saturated carbocycles. The predicted octanol–water partition coefficient (Wildman–Crippen LogP) is 1.47. The van der Waals surface area contributed by atoms with Crippen molar-refractivity contribution in [1.29, 1.82) is 0 Å². The number of nitro groups is 1. The Morgan fingerprint density at radius 2 is 1.80 bits per heavy atom. The first kappa shape index (κ1) is 18.7. The van der Waals surface area contributed by atoms with E-state index in [-0.39, 0.29) is 11.7 Å². The van der Waals surface area contributed by atoms with E-state index < -0.39 is 22.9 Å². The number of carbonyl (C=O) groups is 2. The van der Waals surface area contributed by atoms with Crippen LogP contribution in [0, 0.1) is 10.1 Å². The smallest absolute Gasteiger partial charge is 0.326 e. The Labute approximate surface area is 144 Å². The molecule has 9 heteroatoms. The van der Waals surface area contributed by atoms with Crippen LogP contribution < -0.4 is 10.2 Å². The molecule has 3 rings (SSSR count). The summed E-state index contributed by atoms with van der Waals surface area (Å²) in [6.07, 6.45) is 3.23. The molecule has 0 radical (unpaired) electrons. The number of carboxylic acid groups (broad SMARTS) is 2. The summed E-state index contributed by atoms with van der Waals surface area (Å²) >= 11 is 0. The maximum absolute atomic E-state index is 11.0. The Kier molecular flexibility index (Phi) is 6.29. The van der Waals surface area contributed by atoms with Crippen LogP contribution in [0.15, 0.2) is 24.3 Å². The first-order chi connectivity index (χ1) is 11.9. The van der Waals surface area contributed by atoms with Crippen LogP contribution in [0.5, 0.6) is 0 Å². The van der Waals surface area contributed by atoms with Crippen LogP contribution in [-0.4, -0.2) is 52.2 Å². The van der Waals surface area contributed by atoms with Crippen molar-refractivity contribution in [3.8, 4) is 0 Å². The van der Waals surface area contributed by atoms with E-state index in [4.69, 9.17) is 10.2 Å². The second-order valence-electron chi connectivity index (χ2n) is 5.95. The second-order valence-corrected chi connectivity index (χ2v) is 5.95. The lowest BCUT2D eigenvalue weighted by Gasteiger charge is -2.23. The SMILES string of the molecule is O=C(O)C1CCCN1.O=C(O)C1CCCN1c1ccc([N+](=O)[O-])cc1. The zero-order valence-electron chi connectivity index (χ0n) is 13.6. The van der Waals surface area contributed by atoms with Crippen LogP contribution in [0.4, 0.5) is 11.4 Å². The van der Waals surface area contributed by atoms with E-state index in [1.165, 1.54) is 12.1 Å². The normalized spacial score (nSPS) is 22.2. The van der Waals surface area contributed by atoms with Crippen LogP contribution in [0.1, 0.15) is 25.7 Å². The fraction of sp³-hybridized carbons (Fsp3) is 0.500. The molecular formula is C16H21N3O6. The molecule has 0 bridgehead atoms. The summed E-state index contributed by atoms with van der Waals surface area (Å²) in [5.74, 6) is -1.57. The number of anilines is 1. The molecule has 0 spiro atoms. The van der Waals surface area contributed by atoms with Gasteiger partial charge in [-0.05, 0) is 44.4 Å². The number of carboxylic acids is 2. The molecule has 2 unspecified atom stereocenters. The van der Waals surface area contributed by atoms with Crippen molar-refractivity contribution >= 4 is 23.3 Å². The third-order valence-corrected chi connectivity index (χ3v) is 4.29. The number of nitrogens with zero attached hydrogens (tertiary/aromatic N) is 2. The molecule has 3 N–H and O–H groups in total. The number of hydrogen-bond acceptors (Lipinski definition) is 6. The fourth-order valence-corrected chi connectivity index (χ4v) is 2.99. The lowest BCUT2D eigenvalue weighted by atomic mass is 10.2. The molecule has 25 heavy (non-hydrogen) atoms. The molecule has 0 aliphatic carbocycles. The van der Waals surface area contributed by atoms with Crippen molar-refractivity contribution in [2.24, 2.45) is 0 Å². The van der Waals surface area contributed by atoms with Crippen LogP contribution in [0.2, 0.25) is 0 Å². The van der Waals surface area contributed by atoms with Crippen molar-refractivity contribution in [1.82, 2.24) is 5.32 Å². The first-order valence-corrected chi connectivity index (χ1v) is 8.10. The van der Waals surface area contributed by atoms with Gasteiger partial charge in [-0.15, -0.1) is 0 Å². The molecule has 1 aromatic carbocycles. The zero-order chi connectivity index (χ0) is 18.4. The summed E-state index contributed by atoms with van der Waals surface area (Å²) in [7, 11) is 0. The number of hydrogen-bond donors (Lipinski definition) is 3. The van der Waals surface area contributed by atoms with Gasteiger partial charge in [-0.25, -0.2) is 4.79 Å². The molecule has 2 saturated heterocycles. The molecular weight excluding hydrogens is 330 g/mol. The standard InChI is InChI=1S/C11H12N2O4.C5H9NO2/c14-11(15)10-2-1-7-12(10)8-3-5-9(6-4-8)13(16)17;7-5(8)4-2-1-3-6-4/h3-6,10H,1-2,7H2,(H,14,15);4,6H,1-3H2,(H,7,8). The Bertz CT molecular complexity index is 627. The number of nitrogens with one attached hydrogen (secondary N) is 1. The average Bonchev–Trinajstić information content (AvgIpc) is 3.27. The molecule has 2 fully saturated rings. The molecule has 136 valence electrons. The van der Waals surface area contributed by atoms with Crippen molar-refractivity contribution in [3.05, 3.63) is 34.4 Å². The van der Waals surface area contributed by atoms with Crippen LogP contribution in [0.25, 0.3) is 0 Å². The van der Waals surface area contributed by atoms with Gasteiger partial charge in [0.2, 0.25) is 0 Å². The molecule has 2 aliphatic rings. The maximum atomic E-state index is 11.0. The third kappa shape index (κ3) is 4.90. The van der Waals surface area contributed by atoms with Crippen molar-refractivity contribution < 1.29 is 24.7 Å².